The van der Waals surface area contributed by atoms with Crippen LogP contribution in [0.2, 0.25) is 5.02 Å². The van der Waals surface area contributed by atoms with Crippen LogP contribution < -0.4 is 10.1 Å². The molecule has 0 aliphatic carbocycles. The van der Waals surface area contributed by atoms with E-state index in [0.29, 0.717) is 31.6 Å². The van der Waals surface area contributed by atoms with Crippen molar-refractivity contribution >= 4 is 23.4 Å². The smallest absolute Gasteiger partial charge is 0.404 e. The molecule has 13 heteroatoms. The van der Waals surface area contributed by atoms with Crippen LogP contribution in [0.3, 0.4) is 0 Å². The first kappa shape index (κ1) is 23.0. The average molecular weight is 472 g/mol. The van der Waals surface area contributed by atoms with Crippen LogP contribution in [0.15, 0.2) is 28.8 Å². The molecular weight excluding hydrogens is 456 g/mol. The molecule has 2 aromatic rings. The first-order valence-electron chi connectivity index (χ1n) is 9.03. The van der Waals surface area contributed by atoms with Crippen molar-refractivity contribution in [2.75, 3.05) is 25.0 Å². The minimum atomic E-state index is -4.90. The van der Waals surface area contributed by atoms with E-state index in [2.05, 4.69) is 15.2 Å². The molecule has 1 saturated heterocycles. The van der Waals surface area contributed by atoms with Gasteiger partial charge in [0.25, 0.3) is 5.91 Å². The molecule has 170 valence electrons. The number of amides is 1. The number of ether oxygens (including phenoxy) is 1. The molecule has 1 N–H and O–H groups in total. The Labute approximate surface area is 177 Å². The zero-order valence-corrected chi connectivity index (χ0v) is 16.4. The number of carbonyl (C=O) groups is 1. The molecular formula is C18H16ClF6N3O3. The number of hydrogen-bond acceptors (Lipinski definition) is 5. The summed E-state index contributed by atoms with van der Waals surface area (Å²) in [6.07, 6.45) is -8.32. The number of nitrogens with zero attached hydrogens (tertiary/aromatic N) is 2. The molecule has 6 nitrogen and oxygen atoms in total. The van der Waals surface area contributed by atoms with Crippen molar-refractivity contribution in [1.82, 2.24) is 10.1 Å². The number of piperidine rings is 1. The van der Waals surface area contributed by atoms with Crippen LogP contribution in [-0.2, 0) is 0 Å². The van der Waals surface area contributed by atoms with Crippen molar-refractivity contribution in [3.63, 3.8) is 0 Å². The summed E-state index contributed by atoms with van der Waals surface area (Å²) >= 11 is 5.79. The van der Waals surface area contributed by atoms with Crippen LogP contribution in [0, 0.1) is 0 Å². The minimum absolute atomic E-state index is 0.0957. The zero-order chi connectivity index (χ0) is 22.8. The predicted octanol–water partition coefficient (Wildman–Crippen LogP) is 5.22. The molecule has 0 saturated carbocycles. The van der Waals surface area contributed by atoms with Gasteiger partial charge in [0.05, 0.1) is 10.7 Å². The van der Waals surface area contributed by atoms with Gasteiger partial charge in [0.2, 0.25) is 5.88 Å². The Balaban J connectivity index is 1.56. The minimum Gasteiger partial charge on any atom is -0.404 e. The lowest BCUT2D eigenvalue weighted by Crippen LogP contribution is -2.38. The fourth-order valence-electron chi connectivity index (χ4n) is 3.15. The molecule has 3 rings (SSSR count). The largest absolute Gasteiger partial charge is 0.573 e. The number of benzene rings is 1. The molecule has 0 unspecified atom stereocenters. The van der Waals surface area contributed by atoms with Gasteiger partial charge in [-0.2, -0.15) is 13.2 Å². The van der Waals surface area contributed by atoms with E-state index in [1.54, 1.807) is 0 Å². The molecule has 0 bridgehead atoms. The number of carbonyl (C=O) groups excluding carboxylic acids is 1. The lowest BCUT2D eigenvalue weighted by atomic mass is 9.93. The molecule has 0 radical (unpaired) electrons. The molecule has 0 atom stereocenters. The van der Waals surface area contributed by atoms with Crippen LogP contribution in [0.25, 0.3) is 0 Å². The molecule has 0 spiro atoms. The fourth-order valence-corrected chi connectivity index (χ4v) is 3.37. The second kappa shape index (κ2) is 8.85. The summed E-state index contributed by atoms with van der Waals surface area (Å²) in [6.45, 7) is -0.607. The maximum absolute atomic E-state index is 12.6. The molecule has 1 amide bonds. The molecule has 1 aromatic heterocycles. The molecule has 31 heavy (non-hydrogen) atoms. The number of rotatable bonds is 5. The SMILES string of the molecule is O=C(c1ccc(OC(F)(F)F)c(Cl)c1)N1CCC(c2cc(NCC(F)(F)F)on2)CC1. The number of nitrogens with one attached hydrogen (secondary N) is 1. The van der Waals surface area contributed by atoms with Gasteiger partial charge in [-0.3, -0.25) is 4.79 Å². The van der Waals surface area contributed by atoms with E-state index in [0.717, 1.165) is 12.1 Å². The highest BCUT2D eigenvalue weighted by molar-refractivity contribution is 6.32. The van der Waals surface area contributed by atoms with E-state index in [9.17, 15) is 31.1 Å². The van der Waals surface area contributed by atoms with Crippen molar-refractivity contribution in [2.24, 2.45) is 0 Å². The number of hydrogen-bond donors (Lipinski definition) is 1. The quantitative estimate of drug-likeness (QED) is 0.606. The van der Waals surface area contributed by atoms with Crippen LogP contribution in [0.4, 0.5) is 32.2 Å². The summed E-state index contributed by atoms with van der Waals surface area (Å²) in [7, 11) is 0. The summed E-state index contributed by atoms with van der Waals surface area (Å²) < 4.78 is 82.4. The number of anilines is 1. The highest BCUT2D eigenvalue weighted by atomic mass is 35.5. The van der Waals surface area contributed by atoms with Gasteiger partial charge in [0.15, 0.2) is 0 Å². The lowest BCUT2D eigenvalue weighted by molar-refractivity contribution is -0.274. The number of halogens is 7. The Hall–Kier alpha value is -2.63. The zero-order valence-electron chi connectivity index (χ0n) is 15.7. The molecule has 1 aromatic carbocycles. The maximum Gasteiger partial charge on any atom is 0.573 e. The van der Waals surface area contributed by atoms with Crippen LogP contribution in [0.5, 0.6) is 5.75 Å². The third-order valence-electron chi connectivity index (χ3n) is 4.60. The van der Waals surface area contributed by atoms with Gasteiger partial charge in [-0.15, -0.1) is 13.2 Å². The van der Waals surface area contributed by atoms with Crippen LogP contribution in [-0.4, -0.2) is 48.1 Å². The van der Waals surface area contributed by atoms with Crippen LogP contribution in [0.1, 0.15) is 34.8 Å². The Bertz CT molecular complexity index is 923. The summed E-state index contributed by atoms with van der Waals surface area (Å²) in [5, 5.41) is 5.54. The third-order valence-corrected chi connectivity index (χ3v) is 4.89. The second-order valence-electron chi connectivity index (χ2n) is 6.84. The third kappa shape index (κ3) is 6.42. The maximum atomic E-state index is 12.6. The molecule has 1 aliphatic rings. The van der Waals surface area contributed by atoms with Gasteiger partial charge in [-0.25, -0.2) is 0 Å². The van der Waals surface area contributed by atoms with Crippen molar-refractivity contribution in [3.05, 3.63) is 40.5 Å². The van der Waals surface area contributed by atoms with Gasteiger partial charge < -0.3 is 19.5 Å². The van der Waals surface area contributed by atoms with E-state index < -0.39 is 30.7 Å². The Kier molecular flexibility index (Phi) is 6.58. The van der Waals surface area contributed by atoms with Gasteiger partial charge in [-0.1, -0.05) is 16.8 Å². The summed E-state index contributed by atoms with van der Waals surface area (Å²) in [5.74, 6) is -1.22. The lowest BCUT2D eigenvalue weighted by Gasteiger charge is -2.31. The topological polar surface area (TPSA) is 67.6 Å². The summed E-state index contributed by atoms with van der Waals surface area (Å²) in [4.78, 5) is 14.1. The molecule has 2 heterocycles. The van der Waals surface area contributed by atoms with E-state index in [1.165, 1.54) is 17.0 Å². The highest BCUT2D eigenvalue weighted by Crippen LogP contribution is 2.33. The van der Waals surface area contributed by atoms with Crippen LogP contribution >= 0.6 is 11.6 Å². The van der Waals surface area contributed by atoms with Crippen molar-refractivity contribution < 1.29 is 40.4 Å². The normalized spacial score (nSPS) is 15.8. The summed E-state index contributed by atoms with van der Waals surface area (Å²) in [5.41, 5.74) is 0.589. The fraction of sp³-hybridized carbons (Fsp3) is 0.444. The molecule has 1 fully saturated rings. The van der Waals surface area contributed by atoms with E-state index in [4.69, 9.17) is 16.1 Å². The van der Waals surface area contributed by atoms with E-state index >= 15 is 0 Å². The Morgan fingerprint density at radius 1 is 1.19 bits per heavy atom. The number of aromatic nitrogens is 1. The van der Waals surface area contributed by atoms with Crippen molar-refractivity contribution in [3.8, 4) is 5.75 Å². The van der Waals surface area contributed by atoms with Gasteiger partial charge in [-0.05, 0) is 31.0 Å². The molecule has 1 aliphatic heterocycles. The first-order chi connectivity index (χ1) is 14.4. The first-order valence-corrected chi connectivity index (χ1v) is 9.41. The van der Waals surface area contributed by atoms with Gasteiger partial charge in [0.1, 0.15) is 12.3 Å². The standard InChI is InChI=1S/C18H16ClF6N3O3/c19-12-7-11(1-2-14(12)30-18(23,24)25)16(29)28-5-3-10(4-6-28)13-8-15(31-27-13)26-9-17(20,21)22/h1-2,7-8,10,26H,3-6,9H2. The van der Waals surface area contributed by atoms with E-state index in [1.807, 2.05) is 0 Å². The highest BCUT2D eigenvalue weighted by Gasteiger charge is 2.33. The van der Waals surface area contributed by atoms with Crippen molar-refractivity contribution in [2.45, 2.75) is 31.3 Å². The van der Waals surface area contributed by atoms with E-state index in [-0.39, 0.29) is 22.4 Å². The Morgan fingerprint density at radius 3 is 2.45 bits per heavy atom. The summed E-state index contributed by atoms with van der Waals surface area (Å²) in [6, 6.07) is 4.67. The van der Waals surface area contributed by atoms with Gasteiger partial charge >= 0.3 is 12.5 Å². The van der Waals surface area contributed by atoms with Gasteiger partial charge in [0, 0.05) is 30.6 Å². The average Bonchev–Trinajstić information content (AvgIpc) is 3.15. The predicted molar refractivity (Wildman–Crippen MR) is 97.1 cm³/mol. The van der Waals surface area contributed by atoms with Crippen molar-refractivity contribution in [1.29, 1.82) is 0 Å². The Morgan fingerprint density at radius 2 is 1.87 bits per heavy atom. The second-order valence-corrected chi connectivity index (χ2v) is 7.25. The number of alkyl halides is 6. The number of likely N-dealkylation sites (tertiary alicyclic amines) is 1. The monoisotopic (exact) mass is 471 g/mol.